The first-order chi connectivity index (χ1) is 12.9. The Bertz CT molecular complexity index is 875. The lowest BCUT2D eigenvalue weighted by Crippen LogP contribution is -2.51. The standard InChI is InChI=1S/C19H24N4O3S/c1-21(2)17-10-8-16(9-11-17)20-19(24)22-12-14-23(15-13-22)27(25,26)18-6-4-3-5-7-18/h3-11H,12-15H2,1-2H3,(H,20,24). The second-order valence-corrected chi connectivity index (χ2v) is 8.51. The van der Waals surface area contributed by atoms with E-state index in [4.69, 9.17) is 0 Å². The number of carbonyl (C=O) groups is 1. The second kappa shape index (κ2) is 7.98. The van der Waals surface area contributed by atoms with E-state index >= 15 is 0 Å². The lowest BCUT2D eigenvalue weighted by atomic mass is 10.2. The number of anilines is 2. The molecule has 1 heterocycles. The molecule has 0 aliphatic carbocycles. The van der Waals surface area contributed by atoms with Crippen LogP contribution >= 0.6 is 0 Å². The Morgan fingerprint density at radius 2 is 1.52 bits per heavy atom. The number of nitrogens with one attached hydrogen (secondary N) is 1. The summed E-state index contributed by atoms with van der Waals surface area (Å²) in [6.07, 6.45) is 0. The molecule has 7 nitrogen and oxygen atoms in total. The van der Waals surface area contributed by atoms with E-state index in [0.29, 0.717) is 18.8 Å². The quantitative estimate of drug-likeness (QED) is 0.872. The third-order valence-electron chi connectivity index (χ3n) is 4.54. The summed E-state index contributed by atoms with van der Waals surface area (Å²) in [6, 6.07) is 15.7. The molecule has 0 aromatic heterocycles. The molecule has 1 saturated heterocycles. The maximum atomic E-state index is 12.6. The molecule has 2 amide bonds. The summed E-state index contributed by atoms with van der Waals surface area (Å²) in [5.74, 6) is 0. The van der Waals surface area contributed by atoms with Gasteiger partial charge in [0, 0.05) is 51.6 Å². The molecule has 3 rings (SSSR count). The fourth-order valence-corrected chi connectivity index (χ4v) is 4.36. The minimum Gasteiger partial charge on any atom is -0.378 e. The van der Waals surface area contributed by atoms with E-state index in [1.807, 2.05) is 43.3 Å². The molecule has 0 atom stereocenters. The van der Waals surface area contributed by atoms with Gasteiger partial charge >= 0.3 is 6.03 Å². The number of carbonyl (C=O) groups excluding carboxylic acids is 1. The number of sulfonamides is 1. The van der Waals surface area contributed by atoms with Crippen LogP contribution in [-0.4, -0.2) is 63.9 Å². The molecule has 2 aromatic rings. The molecule has 0 bridgehead atoms. The second-order valence-electron chi connectivity index (χ2n) is 6.58. The van der Waals surface area contributed by atoms with Crippen molar-refractivity contribution >= 4 is 27.4 Å². The van der Waals surface area contributed by atoms with E-state index < -0.39 is 10.0 Å². The van der Waals surface area contributed by atoms with Gasteiger partial charge in [-0.25, -0.2) is 13.2 Å². The first-order valence-corrected chi connectivity index (χ1v) is 10.2. The number of hydrogen-bond acceptors (Lipinski definition) is 4. The normalized spacial score (nSPS) is 15.4. The van der Waals surface area contributed by atoms with Crippen LogP contribution in [0, 0.1) is 0 Å². The van der Waals surface area contributed by atoms with E-state index in [1.54, 1.807) is 35.2 Å². The SMILES string of the molecule is CN(C)c1ccc(NC(=O)N2CCN(S(=O)(=O)c3ccccc3)CC2)cc1. The Kier molecular flexibility index (Phi) is 5.67. The van der Waals surface area contributed by atoms with Crippen molar-refractivity contribution in [2.24, 2.45) is 0 Å². The lowest BCUT2D eigenvalue weighted by Gasteiger charge is -2.34. The summed E-state index contributed by atoms with van der Waals surface area (Å²) in [7, 11) is 0.397. The highest BCUT2D eigenvalue weighted by atomic mass is 32.2. The Morgan fingerprint density at radius 3 is 2.07 bits per heavy atom. The number of piperazine rings is 1. The molecule has 0 spiro atoms. The van der Waals surface area contributed by atoms with Crippen LogP contribution in [0.25, 0.3) is 0 Å². The van der Waals surface area contributed by atoms with E-state index in [2.05, 4.69) is 5.32 Å². The van der Waals surface area contributed by atoms with Gasteiger partial charge in [0.25, 0.3) is 0 Å². The van der Waals surface area contributed by atoms with Crippen molar-refractivity contribution in [2.45, 2.75) is 4.90 Å². The maximum Gasteiger partial charge on any atom is 0.321 e. The van der Waals surface area contributed by atoms with Gasteiger partial charge in [0.15, 0.2) is 0 Å². The van der Waals surface area contributed by atoms with Gasteiger partial charge in [0.2, 0.25) is 10.0 Å². The first-order valence-electron chi connectivity index (χ1n) is 8.76. The molecule has 1 aliphatic rings. The Hall–Kier alpha value is -2.58. The van der Waals surface area contributed by atoms with Crippen molar-refractivity contribution in [1.82, 2.24) is 9.21 Å². The summed E-state index contributed by atoms with van der Waals surface area (Å²) in [6.45, 7) is 1.27. The molecule has 2 aromatic carbocycles. The molecule has 0 saturated carbocycles. The van der Waals surface area contributed by atoms with Gasteiger partial charge in [-0.2, -0.15) is 4.31 Å². The molecule has 1 N–H and O–H groups in total. The summed E-state index contributed by atoms with van der Waals surface area (Å²) in [5.41, 5.74) is 1.76. The van der Waals surface area contributed by atoms with Crippen LogP contribution in [0.2, 0.25) is 0 Å². The van der Waals surface area contributed by atoms with E-state index in [0.717, 1.165) is 5.69 Å². The van der Waals surface area contributed by atoms with Crippen molar-refractivity contribution in [3.63, 3.8) is 0 Å². The van der Waals surface area contributed by atoms with Crippen molar-refractivity contribution in [2.75, 3.05) is 50.5 Å². The van der Waals surface area contributed by atoms with Crippen LogP contribution < -0.4 is 10.2 Å². The predicted molar refractivity (Wildman–Crippen MR) is 107 cm³/mol. The number of amides is 2. The average molecular weight is 388 g/mol. The Balaban J connectivity index is 1.58. The molecule has 0 unspecified atom stereocenters. The molecule has 0 radical (unpaired) electrons. The maximum absolute atomic E-state index is 12.6. The topological polar surface area (TPSA) is 73.0 Å². The Morgan fingerprint density at radius 1 is 0.926 bits per heavy atom. The van der Waals surface area contributed by atoms with Gasteiger partial charge in [-0.1, -0.05) is 18.2 Å². The van der Waals surface area contributed by atoms with Gasteiger partial charge in [-0.05, 0) is 36.4 Å². The molecule has 144 valence electrons. The monoisotopic (exact) mass is 388 g/mol. The van der Waals surface area contributed by atoms with Gasteiger partial charge < -0.3 is 15.1 Å². The number of urea groups is 1. The van der Waals surface area contributed by atoms with E-state index in [9.17, 15) is 13.2 Å². The molecule has 27 heavy (non-hydrogen) atoms. The summed E-state index contributed by atoms with van der Waals surface area (Å²) >= 11 is 0. The molecular formula is C19H24N4O3S. The zero-order valence-electron chi connectivity index (χ0n) is 15.5. The number of rotatable bonds is 4. The fourth-order valence-electron chi connectivity index (χ4n) is 2.92. The van der Waals surface area contributed by atoms with Crippen LogP contribution in [-0.2, 0) is 10.0 Å². The van der Waals surface area contributed by atoms with Crippen LogP contribution in [0.5, 0.6) is 0 Å². The number of nitrogens with zero attached hydrogens (tertiary/aromatic N) is 3. The molecule has 1 fully saturated rings. The minimum atomic E-state index is -3.51. The van der Waals surface area contributed by atoms with Gasteiger partial charge in [-0.15, -0.1) is 0 Å². The minimum absolute atomic E-state index is 0.218. The first kappa shape index (κ1) is 19.2. The highest BCUT2D eigenvalue weighted by molar-refractivity contribution is 7.89. The third-order valence-corrected chi connectivity index (χ3v) is 6.45. The Labute approximate surface area is 160 Å². The third kappa shape index (κ3) is 4.40. The number of hydrogen-bond donors (Lipinski definition) is 1. The molecule has 1 aliphatic heterocycles. The van der Waals surface area contributed by atoms with Gasteiger partial charge in [0.05, 0.1) is 4.90 Å². The highest BCUT2D eigenvalue weighted by Crippen LogP contribution is 2.19. The summed E-state index contributed by atoms with van der Waals surface area (Å²) < 4.78 is 26.7. The fraction of sp³-hybridized carbons (Fsp3) is 0.316. The largest absolute Gasteiger partial charge is 0.378 e. The summed E-state index contributed by atoms with van der Waals surface area (Å²) in [5, 5.41) is 2.86. The van der Waals surface area contributed by atoms with Crippen LogP contribution in [0.3, 0.4) is 0 Å². The van der Waals surface area contributed by atoms with Crippen molar-refractivity contribution in [3.05, 3.63) is 54.6 Å². The van der Waals surface area contributed by atoms with Crippen LogP contribution in [0.15, 0.2) is 59.5 Å². The van der Waals surface area contributed by atoms with E-state index in [1.165, 1.54) is 4.31 Å². The smallest absolute Gasteiger partial charge is 0.321 e. The molecular weight excluding hydrogens is 364 g/mol. The molecule has 8 heteroatoms. The van der Waals surface area contributed by atoms with Crippen LogP contribution in [0.4, 0.5) is 16.2 Å². The van der Waals surface area contributed by atoms with Gasteiger partial charge in [-0.3, -0.25) is 0 Å². The summed E-state index contributed by atoms with van der Waals surface area (Å²) in [4.78, 5) is 16.4. The van der Waals surface area contributed by atoms with Crippen molar-refractivity contribution in [3.8, 4) is 0 Å². The average Bonchev–Trinajstić information content (AvgIpc) is 2.69. The zero-order valence-corrected chi connectivity index (χ0v) is 16.3. The van der Waals surface area contributed by atoms with Crippen LogP contribution in [0.1, 0.15) is 0 Å². The van der Waals surface area contributed by atoms with E-state index in [-0.39, 0.29) is 24.0 Å². The highest BCUT2D eigenvalue weighted by Gasteiger charge is 2.29. The van der Waals surface area contributed by atoms with Gasteiger partial charge in [0.1, 0.15) is 0 Å². The van der Waals surface area contributed by atoms with Crippen molar-refractivity contribution < 1.29 is 13.2 Å². The lowest BCUT2D eigenvalue weighted by molar-refractivity contribution is 0.184. The van der Waals surface area contributed by atoms with Crippen molar-refractivity contribution in [1.29, 1.82) is 0 Å². The predicted octanol–water partition coefficient (Wildman–Crippen LogP) is 2.29. The number of benzene rings is 2. The zero-order chi connectivity index (χ0) is 19.4.